The normalized spacial score (nSPS) is 11.7. The number of halogens is 7. The van der Waals surface area contributed by atoms with E-state index in [0.29, 0.717) is 22.9 Å². The van der Waals surface area contributed by atoms with Crippen LogP contribution in [0, 0.1) is 25.2 Å². The third kappa shape index (κ3) is 10.1. The zero-order valence-electron chi connectivity index (χ0n) is 35.7. The summed E-state index contributed by atoms with van der Waals surface area (Å²) in [6.45, 7) is 1.97. The van der Waals surface area contributed by atoms with Crippen molar-refractivity contribution in [3.05, 3.63) is 135 Å². The number of nitriles is 1. The Hall–Kier alpha value is -8.49. The van der Waals surface area contributed by atoms with Gasteiger partial charge in [0.1, 0.15) is 53.7 Å². The van der Waals surface area contributed by atoms with Gasteiger partial charge in [-0.1, -0.05) is 10.3 Å². The molecule has 8 rings (SSSR count). The summed E-state index contributed by atoms with van der Waals surface area (Å²) in [5.74, 6) is -1.35. The summed E-state index contributed by atoms with van der Waals surface area (Å²) in [6, 6.07) is 8.76. The number of carbonyl (C=O) groups is 2. The fourth-order valence-corrected chi connectivity index (χ4v) is 7.14. The maximum absolute atomic E-state index is 13.1. The predicted octanol–water partition coefficient (Wildman–Crippen LogP) is 3.22. The second kappa shape index (κ2) is 18.7. The quantitative estimate of drug-likeness (QED) is 0.186. The molecule has 0 aromatic carbocycles. The molecule has 8 aromatic heterocycles. The molecule has 0 atom stereocenters. The SMILES string of the molecule is Cc1cc(Cn2c(=O)c3c(ncn3CC(=O)Nc3ccc(Br)c(C(F)(F)F)n3)n(C)c2=O)no1.Cc1cc(Cn2c(=O)c3c(ncn3CC(=O)Nc3ccc(C#N)c(C(F)(F)F)n3)n(C)c2=O)no1. The molecule has 2 amide bonds. The molecule has 0 aliphatic heterocycles. The van der Waals surface area contributed by atoms with Crippen molar-refractivity contribution in [2.24, 2.45) is 14.1 Å². The highest BCUT2D eigenvalue weighted by molar-refractivity contribution is 9.10. The first-order valence-corrected chi connectivity index (χ1v) is 20.2. The highest BCUT2D eigenvalue weighted by Crippen LogP contribution is 2.34. The number of imidazole rings is 2. The second-order valence-corrected chi connectivity index (χ2v) is 15.6. The Bertz CT molecular complexity index is 3630. The Labute approximate surface area is 387 Å². The number of nitrogens with zero attached hydrogens (tertiary/aromatic N) is 13. The van der Waals surface area contributed by atoms with Gasteiger partial charge in [0, 0.05) is 30.7 Å². The lowest BCUT2D eigenvalue weighted by atomic mass is 10.2. The van der Waals surface area contributed by atoms with Crippen molar-refractivity contribution >= 4 is 61.7 Å². The minimum Gasteiger partial charge on any atom is -0.361 e. The van der Waals surface area contributed by atoms with E-state index in [1.807, 2.05) is 0 Å². The molecule has 0 bridgehead atoms. The van der Waals surface area contributed by atoms with Crippen molar-refractivity contribution in [1.29, 1.82) is 5.26 Å². The summed E-state index contributed by atoms with van der Waals surface area (Å²) in [4.78, 5) is 91.4. The van der Waals surface area contributed by atoms with Crippen LogP contribution >= 0.6 is 15.9 Å². The Morgan fingerprint density at radius 1 is 0.696 bits per heavy atom. The molecular formula is C39H30BrF6N15O8. The van der Waals surface area contributed by atoms with Gasteiger partial charge in [-0.05, 0) is 54.0 Å². The number of anilines is 2. The number of amides is 2. The molecule has 0 spiro atoms. The average Bonchev–Trinajstić information content (AvgIpc) is 4.10. The molecule has 0 fully saturated rings. The molecule has 0 aliphatic rings. The van der Waals surface area contributed by atoms with E-state index >= 15 is 0 Å². The molecule has 8 heterocycles. The first-order valence-electron chi connectivity index (χ1n) is 19.4. The largest absolute Gasteiger partial charge is 0.434 e. The third-order valence-electron chi connectivity index (χ3n) is 9.76. The van der Waals surface area contributed by atoms with Crippen molar-refractivity contribution in [2.45, 2.75) is 52.4 Å². The first kappa shape index (κ1) is 48.4. The van der Waals surface area contributed by atoms with Gasteiger partial charge in [0.25, 0.3) is 11.1 Å². The Kier molecular flexibility index (Phi) is 13.1. The summed E-state index contributed by atoms with van der Waals surface area (Å²) >= 11 is 2.78. The summed E-state index contributed by atoms with van der Waals surface area (Å²) in [5, 5.41) is 20.9. The lowest BCUT2D eigenvalue weighted by Crippen LogP contribution is -2.40. The van der Waals surface area contributed by atoms with Crippen molar-refractivity contribution in [1.82, 2.24) is 57.7 Å². The monoisotopic (exact) mass is 1030 g/mol. The molecule has 0 saturated carbocycles. The van der Waals surface area contributed by atoms with Crippen LogP contribution in [0.4, 0.5) is 38.0 Å². The number of fused-ring (bicyclic) bond motifs is 2. The molecule has 0 saturated heterocycles. The fraction of sp³-hybridized carbons (Fsp3) is 0.256. The number of carbonyl (C=O) groups excluding carboxylic acids is 2. The van der Waals surface area contributed by atoms with Gasteiger partial charge < -0.3 is 28.8 Å². The van der Waals surface area contributed by atoms with Gasteiger partial charge in [0.2, 0.25) is 11.8 Å². The molecular weight excluding hydrogens is 1000 g/mol. The molecule has 0 aliphatic carbocycles. The highest BCUT2D eigenvalue weighted by atomic mass is 79.9. The van der Waals surface area contributed by atoms with Crippen LogP contribution in [0.15, 0.2) is 81.7 Å². The fourth-order valence-electron chi connectivity index (χ4n) is 6.69. The molecule has 2 N–H and O–H groups in total. The topological polar surface area (TPSA) is 283 Å². The van der Waals surface area contributed by atoms with E-state index < -0.39 is 82.5 Å². The zero-order chi connectivity index (χ0) is 50.3. The summed E-state index contributed by atoms with van der Waals surface area (Å²) in [7, 11) is 2.81. The lowest BCUT2D eigenvalue weighted by molar-refractivity contribution is -0.142. The number of nitrogens with one attached hydrogen (secondary N) is 2. The zero-order valence-corrected chi connectivity index (χ0v) is 37.3. The predicted molar refractivity (Wildman–Crippen MR) is 227 cm³/mol. The van der Waals surface area contributed by atoms with E-state index in [-0.39, 0.29) is 45.7 Å². The van der Waals surface area contributed by atoms with E-state index in [1.54, 1.807) is 26.0 Å². The number of rotatable bonds is 10. The first-order chi connectivity index (χ1) is 32.4. The second-order valence-electron chi connectivity index (χ2n) is 14.7. The maximum Gasteiger partial charge on any atom is 0.434 e. The van der Waals surface area contributed by atoms with Gasteiger partial charge in [-0.3, -0.25) is 37.4 Å². The van der Waals surface area contributed by atoms with Gasteiger partial charge in [-0.2, -0.15) is 31.6 Å². The van der Waals surface area contributed by atoms with E-state index in [0.717, 1.165) is 47.4 Å². The number of hydrogen-bond donors (Lipinski definition) is 2. The van der Waals surface area contributed by atoms with Crippen molar-refractivity contribution in [3.63, 3.8) is 0 Å². The Balaban J connectivity index is 0.000000204. The Morgan fingerprint density at radius 3 is 1.51 bits per heavy atom. The van der Waals surface area contributed by atoms with Crippen molar-refractivity contribution < 1.29 is 45.0 Å². The number of hydrogen-bond acceptors (Lipinski definition) is 15. The van der Waals surface area contributed by atoms with Crippen LogP contribution in [-0.4, -0.2) is 69.5 Å². The summed E-state index contributed by atoms with van der Waals surface area (Å²) in [5.41, 5.74) is -5.50. The van der Waals surface area contributed by atoms with Crippen LogP contribution < -0.4 is 33.1 Å². The number of aromatic nitrogens is 12. The van der Waals surface area contributed by atoms with Crippen LogP contribution in [0.5, 0.6) is 0 Å². The average molecular weight is 1030 g/mol. The van der Waals surface area contributed by atoms with Gasteiger partial charge >= 0.3 is 23.7 Å². The van der Waals surface area contributed by atoms with Crippen LogP contribution in [0.2, 0.25) is 0 Å². The molecule has 8 aromatic rings. The van der Waals surface area contributed by atoms with Crippen molar-refractivity contribution in [2.75, 3.05) is 10.6 Å². The minimum absolute atomic E-state index is 0.0104. The van der Waals surface area contributed by atoms with E-state index in [2.05, 4.69) is 56.8 Å². The van der Waals surface area contributed by atoms with Gasteiger partial charge in [0.15, 0.2) is 33.7 Å². The summed E-state index contributed by atoms with van der Waals surface area (Å²) < 4.78 is 94.7. The van der Waals surface area contributed by atoms with Gasteiger partial charge in [-0.25, -0.2) is 29.5 Å². The van der Waals surface area contributed by atoms with Crippen LogP contribution in [0.1, 0.15) is 39.9 Å². The molecule has 23 nitrogen and oxygen atoms in total. The van der Waals surface area contributed by atoms with Crippen LogP contribution in [-0.2, 0) is 62.2 Å². The van der Waals surface area contributed by atoms with Crippen LogP contribution in [0.3, 0.4) is 0 Å². The molecule has 30 heteroatoms. The highest BCUT2D eigenvalue weighted by Gasteiger charge is 2.37. The van der Waals surface area contributed by atoms with E-state index in [9.17, 15) is 55.1 Å². The molecule has 69 heavy (non-hydrogen) atoms. The van der Waals surface area contributed by atoms with Crippen molar-refractivity contribution in [3.8, 4) is 6.07 Å². The number of aryl methyl sites for hydroxylation is 4. The van der Waals surface area contributed by atoms with E-state index in [1.165, 1.54) is 37.1 Å². The molecule has 0 radical (unpaired) electrons. The van der Waals surface area contributed by atoms with Gasteiger partial charge in [-0.15, -0.1) is 0 Å². The van der Waals surface area contributed by atoms with Crippen LogP contribution in [0.25, 0.3) is 22.3 Å². The number of pyridine rings is 2. The lowest BCUT2D eigenvalue weighted by Gasteiger charge is -2.11. The summed E-state index contributed by atoms with van der Waals surface area (Å²) in [6.07, 6.45) is -7.28. The molecule has 0 unspecified atom stereocenters. The number of alkyl halides is 6. The Morgan fingerprint density at radius 2 is 1.12 bits per heavy atom. The molecule has 358 valence electrons. The van der Waals surface area contributed by atoms with E-state index in [4.69, 9.17) is 14.3 Å². The maximum atomic E-state index is 13.1. The van der Waals surface area contributed by atoms with Gasteiger partial charge in [0.05, 0.1) is 31.3 Å². The smallest absolute Gasteiger partial charge is 0.361 e. The third-order valence-corrected chi connectivity index (χ3v) is 10.4. The standard InChI is InChI=1S/C20H15F3N8O4.C19H15BrF3N7O4/c1-10-5-12(28-35-10)7-31-18(33)15-17(29(2)19(31)34)25-9-30(15)8-14(32)26-13-4-3-11(6-24)16(27-13)20(21,22)23;1-9-5-10(27-34-9)6-30-17(32)14-16(28(2)18(30)33)24-8-29(14)7-13(31)25-12-4-3-11(20)15(26-12)19(21,22)23/h3-5,9H,7-8H2,1-2H3,(H,26,27,32);3-5,8H,6-7H2,1-2H3,(H,25,26,31). The minimum atomic E-state index is -4.90.